The lowest BCUT2D eigenvalue weighted by atomic mass is 10.3. The van der Waals surface area contributed by atoms with E-state index in [-0.39, 0.29) is 12.4 Å². The summed E-state index contributed by atoms with van der Waals surface area (Å²) < 4.78 is 7.74. The average molecular weight is 344 g/mol. The normalized spacial score (nSPS) is 10.5. The van der Waals surface area contributed by atoms with Crippen molar-refractivity contribution in [1.29, 1.82) is 0 Å². The van der Waals surface area contributed by atoms with Gasteiger partial charge in [0, 0.05) is 9.37 Å². The Kier molecular flexibility index (Phi) is 4.11. The van der Waals surface area contributed by atoms with E-state index in [1.54, 1.807) is 25.2 Å². The van der Waals surface area contributed by atoms with Gasteiger partial charge in [-0.15, -0.1) is 12.6 Å². The van der Waals surface area contributed by atoms with Crippen molar-refractivity contribution in [2.24, 2.45) is 7.05 Å². The summed E-state index contributed by atoms with van der Waals surface area (Å²) in [6, 6.07) is 5.34. The fourth-order valence-electron chi connectivity index (χ4n) is 1.47. The molecule has 6 nitrogen and oxygen atoms in total. The van der Waals surface area contributed by atoms with Gasteiger partial charge < -0.3 is 14.9 Å². The highest BCUT2D eigenvalue weighted by Gasteiger charge is 2.16. The van der Waals surface area contributed by atoms with E-state index in [1.165, 1.54) is 10.8 Å². The number of nitro groups is 1. The zero-order chi connectivity index (χ0) is 14.0. The van der Waals surface area contributed by atoms with E-state index in [0.29, 0.717) is 11.6 Å². The van der Waals surface area contributed by atoms with Gasteiger partial charge >= 0.3 is 5.82 Å². The fraction of sp³-hybridized carbons (Fsp3) is 0.182. The van der Waals surface area contributed by atoms with E-state index in [1.807, 2.05) is 0 Å². The van der Waals surface area contributed by atoms with E-state index in [4.69, 9.17) is 4.74 Å². The van der Waals surface area contributed by atoms with Crippen molar-refractivity contribution in [3.63, 3.8) is 0 Å². The van der Waals surface area contributed by atoms with Gasteiger partial charge in [-0.05, 0) is 39.1 Å². The first-order chi connectivity index (χ1) is 8.99. The van der Waals surface area contributed by atoms with Crippen LogP contribution in [0.1, 0.15) is 5.82 Å². The molecule has 0 aliphatic rings. The maximum Gasteiger partial charge on any atom is 0.342 e. The molecule has 1 aromatic carbocycles. The Balaban J connectivity index is 2.10. The topological polar surface area (TPSA) is 70.2 Å². The second-order valence-corrected chi connectivity index (χ2v) is 5.09. The lowest BCUT2D eigenvalue weighted by molar-refractivity contribution is -0.391. The summed E-state index contributed by atoms with van der Waals surface area (Å²) in [6.45, 7) is 0.155. The molecule has 2 aromatic rings. The highest BCUT2D eigenvalue weighted by atomic mass is 79.9. The van der Waals surface area contributed by atoms with Crippen molar-refractivity contribution in [1.82, 2.24) is 9.55 Å². The van der Waals surface area contributed by atoms with Gasteiger partial charge in [0.05, 0.1) is 7.05 Å². The minimum absolute atomic E-state index is 0.0644. The Bertz CT molecular complexity index is 630. The van der Waals surface area contributed by atoms with Gasteiger partial charge in [0.15, 0.2) is 6.61 Å². The van der Waals surface area contributed by atoms with Crippen LogP contribution < -0.4 is 4.74 Å². The predicted octanol–water partition coefficient (Wildman–Crippen LogP) is 2.96. The summed E-state index contributed by atoms with van der Waals surface area (Å²) in [6.07, 6.45) is 1.21. The molecule has 1 aromatic heterocycles. The fourth-order valence-corrected chi connectivity index (χ4v) is 1.96. The van der Waals surface area contributed by atoms with Crippen LogP contribution in [0.15, 0.2) is 33.8 Å². The highest BCUT2D eigenvalue weighted by Crippen LogP contribution is 2.26. The minimum Gasteiger partial charge on any atom is -0.483 e. The van der Waals surface area contributed by atoms with E-state index in [0.717, 1.165) is 9.37 Å². The minimum atomic E-state index is -0.483. The van der Waals surface area contributed by atoms with Crippen molar-refractivity contribution in [3.8, 4) is 5.75 Å². The lowest BCUT2D eigenvalue weighted by Gasteiger charge is -2.05. The number of thiol groups is 1. The summed E-state index contributed by atoms with van der Waals surface area (Å²) in [5, 5.41) is 10.7. The zero-order valence-corrected chi connectivity index (χ0v) is 12.4. The summed E-state index contributed by atoms with van der Waals surface area (Å²) in [5.41, 5.74) is 0. The van der Waals surface area contributed by atoms with E-state index in [2.05, 4.69) is 33.5 Å². The molecule has 0 unspecified atom stereocenters. The first-order valence-corrected chi connectivity index (χ1v) is 6.49. The third kappa shape index (κ3) is 3.07. The van der Waals surface area contributed by atoms with Gasteiger partial charge in [-0.1, -0.05) is 0 Å². The molecule has 0 aliphatic carbocycles. The smallest absolute Gasteiger partial charge is 0.342 e. The Labute approximate surface area is 123 Å². The molecule has 0 saturated carbocycles. The summed E-state index contributed by atoms with van der Waals surface area (Å²) in [7, 11) is 1.58. The molecule has 8 heteroatoms. The van der Waals surface area contributed by atoms with E-state index < -0.39 is 4.92 Å². The number of rotatable bonds is 4. The lowest BCUT2D eigenvalue weighted by Crippen LogP contribution is -2.05. The first-order valence-electron chi connectivity index (χ1n) is 5.25. The maximum absolute atomic E-state index is 10.7. The van der Waals surface area contributed by atoms with Gasteiger partial charge in [-0.2, -0.15) is 0 Å². The number of nitrogens with zero attached hydrogens (tertiary/aromatic N) is 3. The summed E-state index contributed by atoms with van der Waals surface area (Å²) in [5.74, 6) is 1.05. The number of benzene rings is 1. The Morgan fingerprint density at radius 1 is 1.58 bits per heavy atom. The molecule has 0 saturated heterocycles. The van der Waals surface area contributed by atoms with Gasteiger partial charge in [-0.3, -0.25) is 0 Å². The van der Waals surface area contributed by atoms with Crippen molar-refractivity contribution < 1.29 is 9.66 Å². The van der Waals surface area contributed by atoms with Crippen LogP contribution >= 0.6 is 28.6 Å². The number of ether oxygens (including phenoxy) is 1. The Morgan fingerprint density at radius 3 is 2.89 bits per heavy atom. The molecule has 1 heterocycles. The number of hydrogen-bond acceptors (Lipinski definition) is 5. The summed E-state index contributed by atoms with van der Waals surface area (Å²) >= 11 is 7.57. The van der Waals surface area contributed by atoms with Gasteiger partial charge in [-0.25, -0.2) is 9.55 Å². The van der Waals surface area contributed by atoms with Crippen LogP contribution in [0, 0.1) is 10.1 Å². The van der Waals surface area contributed by atoms with Crippen LogP contribution in [-0.4, -0.2) is 14.5 Å². The van der Waals surface area contributed by atoms with Crippen LogP contribution in [0.25, 0.3) is 0 Å². The molecular formula is C11H10BrN3O3S. The third-order valence-electron chi connectivity index (χ3n) is 2.53. The van der Waals surface area contributed by atoms with Crippen LogP contribution in [0.4, 0.5) is 5.82 Å². The average Bonchev–Trinajstić information content (AvgIpc) is 2.72. The molecule has 0 amide bonds. The van der Waals surface area contributed by atoms with Crippen LogP contribution in [-0.2, 0) is 13.7 Å². The number of hydrogen-bond donors (Lipinski definition) is 1. The molecule has 0 fully saturated rings. The van der Waals surface area contributed by atoms with Crippen LogP contribution in [0.2, 0.25) is 0 Å². The molecule has 0 bridgehead atoms. The largest absolute Gasteiger partial charge is 0.483 e. The van der Waals surface area contributed by atoms with Crippen molar-refractivity contribution in [2.45, 2.75) is 11.5 Å². The highest BCUT2D eigenvalue weighted by molar-refractivity contribution is 9.10. The zero-order valence-electron chi connectivity index (χ0n) is 9.91. The standard InChI is InChI=1S/C11H10BrN3O3S/c1-14-10(13-5-11(14)15(16)17)6-18-7-2-3-9(19)8(12)4-7/h2-5,19H,6H2,1H3. The van der Waals surface area contributed by atoms with E-state index in [9.17, 15) is 10.1 Å². The third-order valence-corrected chi connectivity index (χ3v) is 3.89. The number of halogens is 1. The number of aromatic nitrogens is 2. The molecular weight excluding hydrogens is 334 g/mol. The molecule has 0 aliphatic heterocycles. The molecule has 0 atom stereocenters. The SMILES string of the molecule is Cn1c([N+](=O)[O-])cnc1COc1ccc(S)c(Br)c1. The molecule has 19 heavy (non-hydrogen) atoms. The van der Waals surface area contributed by atoms with Crippen LogP contribution in [0.5, 0.6) is 5.75 Å². The predicted molar refractivity (Wildman–Crippen MR) is 75.6 cm³/mol. The molecule has 2 rings (SSSR count). The summed E-state index contributed by atoms with van der Waals surface area (Å²) in [4.78, 5) is 15.0. The molecule has 0 N–H and O–H groups in total. The Hall–Kier alpha value is -1.54. The molecule has 100 valence electrons. The maximum atomic E-state index is 10.7. The molecule has 0 radical (unpaired) electrons. The molecule has 0 spiro atoms. The number of imidazole rings is 1. The van der Waals surface area contributed by atoms with Gasteiger partial charge in [0.2, 0.25) is 5.82 Å². The van der Waals surface area contributed by atoms with Gasteiger partial charge in [0.25, 0.3) is 0 Å². The van der Waals surface area contributed by atoms with E-state index >= 15 is 0 Å². The van der Waals surface area contributed by atoms with Crippen molar-refractivity contribution in [2.75, 3.05) is 0 Å². The quantitative estimate of drug-likeness (QED) is 0.526. The second kappa shape index (κ2) is 5.62. The van der Waals surface area contributed by atoms with Crippen LogP contribution in [0.3, 0.4) is 0 Å². The van der Waals surface area contributed by atoms with Crippen molar-refractivity contribution in [3.05, 3.63) is 44.8 Å². The second-order valence-electron chi connectivity index (χ2n) is 3.75. The Morgan fingerprint density at radius 2 is 2.32 bits per heavy atom. The van der Waals surface area contributed by atoms with Crippen molar-refractivity contribution >= 4 is 34.4 Å². The first kappa shape index (κ1) is 13.9. The monoisotopic (exact) mass is 343 g/mol. The van der Waals surface area contributed by atoms with Gasteiger partial charge in [0.1, 0.15) is 11.9 Å².